The molecule has 0 aromatic heterocycles. The summed E-state index contributed by atoms with van der Waals surface area (Å²) in [6.07, 6.45) is 2.46. The average Bonchev–Trinajstić information content (AvgIpc) is 2.58. The number of halogens is 2. The molecule has 1 unspecified atom stereocenters. The van der Waals surface area contributed by atoms with E-state index in [0.717, 1.165) is 17.8 Å². The van der Waals surface area contributed by atoms with Gasteiger partial charge in [0.05, 0.1) is 4.47 Å². The monoisotopic (exact) mass is 271 g/mol. The summed E-state index contributed by atoms with van der Waals surface area (Å²) in [7, 11) is 0. The summed E-state index contributed by atoms with van der Waals surface area (Å²) < 4.78 is 13.8. The average molecular weight is 272 g/mol. The van der Waals surface area contributed by atoms with Crippen LogP contribution in [0, 0.1) is 12.7 Å². The normalized spacial score (nSPS) is 21.1. The third-order valence-electron chi connectivity index (χ3n) is 3.10. The van der Waals surface area contributed by atoms with Crippen LogP contribution in [0.3, 0.4) is 0 Å². The predicted molar refractivity (Wildman–Crippen MR) is 64.9 cm³/mol. The highest BCUT2D eigenvalue weighted by atomic mass is 79.9. The maximum absolute atomic E-state index is 13.3. The van der Waals surface area contributed by atoms with Gasteiger partial charge in [0.1, 0.15) is 5.82 Å². The Kier molecular flexibility index (Phi) is 3.01. The van der Waals surface area contributed by atoms with Gasteiger partial charge in [0, 0.05) is 18.3 Å². The molecule has 0 spiro atoms. The number of hydrogen-bond donors (Lipinski definition) is 0. The van der Waals surface area contributed by atoms with E-state index in [1.165, 1.54) is 12.8 Å². The van der Waals surface area contributed by atoms with Gasteiger partial charge in [-0.25, -0.2) is 4.39 Å². The zero-order valence-corrected chi connectivity index (χ0v) is 10.6. The van der Waals surface area contributed by atoms with Crippen molar-refractivity contribution in [3.05, 3.63) is 28.0 Å². The molecule has 1 heterocycles. The van der Waals surface area contributed by atoms with E-state index in [4.69, 9.17) is 0 Å². The van der Waals surface area contributed by atoms with Crippen LogP contribution in [0.5, 0.6) is 0 Å². The van der Waals surface area contributed by atoms with Crippen LogP contribution >= 0.6 is 15.9 Å². The van der Waals surface area contributed by atoms with Gasteiger partial charge < -0.3 is 4.90 Å². The SMILES string of the molecule is Cc1cc(F)c(Br)cc1N1CCCC1C. The van der Waals surface area contributed by atoms with Gasteiger partial charge in [-0.15, -0.1) is 0 Å². The number of benzene rings is 1. The van der Waals surface area contributed by atoms with Crippen molar-refractivity contribution in [1.82, 2.24) is 0 Å². The summed E-state index contributed by atoms with van der Waals surface area (Å²) in [4.78, 5) is 2.36. The molecule has 82 valence electrons. The van der Waals surface area contributed by atoms with E-state index in [2.05, 4.69) is 27.8 Å². The molecule has 3 heteroatoms. The van der Waals surface area contributed by atoms with Crippen LogP contribution in [0.15, 0.2) is 16.6 Å². The Balaban J connectivity index is 2.39. The first-order valence-corrected chi connectivity index (χ1v) is 6.11. The highest BCUT2D eigenvalue weighted by molar-refractivity contribution is 9.10. The van der Waals surface area contributed by atoms with Crippen molar-refractivity contribution in [3.63, 3.8) is 0 Å². The highest BCUT2D eigenvalue weighted by Crippen LogP contribution is 2.31. The Morgan fingerprint density at radius 1 is 1.47 bits per heavy atom. The zero-order chi connectivity index (χ0) is 11.0. The first-order valence-electron chi connectivity index (χ1n) is 5.32. The second-order valence-electron chi connectivity index (χ2n) is 4.24. The lowest BCUT2D eigenvalue weighted by molar-refractivity contribution is 0.619. The van der Waals surface area contributed by atoms with Crippen molar-refractivity contribution in [2.45, 2.75) is 32.7 Å². The van der Waals surface area contributed by atoms with Crippen molar-refractivity contribution in [1.29, 1.82) is 0 Å². The molecule has 1 aromatic rings. The van der Waals surface area contributed by atoms with Crippen LogP contribution in [-0.4, -0.2) is 12.6 Å². The van der Waals surface area contributed by atoms with E-state index in [1.54, 1.807) is 6.07 Å². The molecule has 0 radical (unpaired) electrons. The first-order chi connectivity index (χ1) is 7.09. The van der Waals surface area contributed by atoms with Gasteiger partial charge >= 0.3 is 0 Å². The maximum atomic E-state index is 13.3. The van der Waals surface area contributed by atoms with Crippen LogP contribution in [0.1, 0.15) is 25.3 Å². The summed E-state index contributed by atoms with van der Waals surface area (Å²) in [5.41, 5.74) is 2.18. The molecule has 2 rings (SSSR count). The van der Waals surface area contributed by atoms with E-state index < -0.39 is 0 Å². The molecular formula is C12H15BrFN. The van der Waals surface area contributed by atoms with Gasteiger partial charge in [0.15, 0.2) is 0 Å². The minimum absolute atomic E-state index is 0.178. The van der Waals surface area contributed by atoms with Crippen molar-refractivity contribution in [3.8, 4) is 0 Å². The zero-order valence-electron chi connectivity index (χ0n) is 9.06. The largest absolute Gasteiger partial charge is 0.369 e. The van der Waals surface area contributed by atoms with Gasteiger partial charge in [-0.3, -0.25) is 0 Å². The fourth-order valence-corrected chi connectivity index (χ4v) is 2.57. The Bertz CT molecular complexity index is 378. The Hall–Kier alpha value is -0.570. The van der Waals surface area contributed by atoms with Crippen molar-refractivity contribution in [2.24, 2.45) is 0 Å². The van der Waals surface area contributed by atoms with Gasteiger partial charge in [0.25, 0.3) is 0 Å². The number of hydrogen-bond acceptors (Lipinski definition) is 1. The molecule has 0 saturated carbocycles. The van der Waals surface area contributed by atoms with Crippen LogP contribution < -0.4 is 4.90 Å². The predicted octanol–water partition coefficient (Wildman–Crippen LogP) is 3.89. The first kappa shape index (κ1) is 10.9. The minimum atomic E-state index is -0.178. The standard InChI is InChI=1S/C12H15BrFN/c1-8-6-11(14)10(13)7-12(8)15-5-3-4-9(15)2/h6-7,9H,3-5H2,1-2H3. The van der Waals surface area contributed by atoms with E-state index in [1.807, 2.05) is 13.0 Å². The van der Waals surface area contributed by atoms with Crippen LogP contribution in [0.25, 0.3) is 0 Å². The van der Waals surface area contributed by atoms with Crippen molar-refractivity contribution < 1.29 is 4.39 Å². The van der Waals surface area contributed by atoms with Gasteiger partial charge in [-0.05, 0) is 60.3 Å². The number of anilines is 1. The number of nitrogens with zero attached hydrogens (tertiary/aromatic N) is 1. The molecule has 0 amide bonds. The lowest BCUT2D eigenvalue weighted by atomic mass is 10.1. The fraction of sp³-hybridized carbons (Fsp3) is 0.500. The summed E-state index contributed by atoms with van der Waals surface area (Å²) in [5, 5.41) is 0. The lowest BCUT2D eigenvalue weighted by Crippen LogP contribution is -2.27. The molecule has 15 heavy (non-hydrogen) atoms. The third kappa shape index (κ3) is 2.03. The molecule has 1 saturated heterocycles. The van der Waals surface area contributed by atoms with Gasteiger partial charge in [-0.2, -0.15) is 0 Å². The topological polar surface area (TPSA) is 3.24 Å². The molecule has 0 aliphatic carbocycles. The minimum Gasteiger partial charge on any atom is -0.369 e. The van der Waals surface area contributed by atoms with E-state index in [0.29, 0.717) is 10.5 Å². The van der Waals surface area contributed by atoms with E-state index >= 15 is 0 Å². The Morgan fingerprint density at radius 2 is 2.20 bits per heavy atom. The summed E-state index contributed by atoms with van der Waals surface area (Å²) in [6, 6.07) is 4.07. The number of aryl methyl sites for hydroxylation is 1. The summed E-state index contributed by atoms with van der Waals surface area (Å²) in [5.74, 6) is -0.178. The molecule has 1 aromatic carbocycles. The quantitative estimate of drug-likeness (QED) is 0.749. The van der Waals surface area contributed by atoms with Crippen LogP contribution in [0.4, 0.5) is 10.1 Å². The smallest absolute Gasteiger partial charge is 0.137 e. The van der Waals surface area contributed by atoms with Gasteiger partial charge in [0.2, 0.25) is 0 Å². The second-order valence-corrected chi connectivity index (χ2v) is 5.09. The molecule has 1 atom stereocenters. The Morgan fingerprint density at radius 3 is 2.80 bits per heavy atom. The molecule has 0 N–H and O–H groups in total. The molecular weight excluding hydrogens is 257 g/mol. The van der Waals surface area contributed by atoms with Crippen LogP contribution in [0.2, 0.25) is 0 Å². The van der Waals surface area contributed by atoms with Crippen molar-refractivity contribution >= 4 is 21.6 Å². The highest BCUT2D eigenvalue weighted by Gasteiger charge is 2.22. The Labute approximate surface area is 98.4 Å². The molecule has 1 fully saturated rings. The summed E-state index contributed by atoms with van der Waals surface area (Å²) >= 11 is 3.25. The number of rotatable bonds is 1. The summed E-state index contributed by atoms with van der Waals surface area (Å²) in [6.45, 7) is 5.28. The van der Waals surface area contributed by atoms with E-state index in [-0.39, 0.29) is 5.82 Å². The molecule has 1 nitrogen and oxygen atoms in total. The molecule has 0 bridgehead atoms. The molecule has 1 aliphatic heterocycles. The second kappa shape index (κ2) is 4.12. The van der Waals surface area contributed by atoms with E-state index in [9.17, 15) is 4.39 Å². The lowest BCUT2D eigenvalue weighted by Gasteiger charge is -2.26. The fourth-order valence-electron chi connectivity index (χ4n) is 2.24. The maximum Gasteiger partial charge on any atom is 0.137 e. The third-order valence-corrected chi connectivity index (χ3v) is 3.71. The van der Waals surface area contributed by atoms with Crippen molar-refractivity contribution in [2.75, 3.05) is 11.4 Å². The van der Waals surface area contributed by atoms with Gasteiger partial charge in [-0.1, -0.05) is 0 Å². The molecule has 1 aliphatic rings. The van der Waals surface area contributed by atoms with Crippen LogP contribution in [-0.2, 0) is 0 Å².